The zero-order valence-corrected chi connectivity index (χ0v) is 61.2. The summed E-state index contributed by atoms with van der Waals surface area (Å²) in [7, 11) is 3.25. The Kier molecular flexibility index (Phi) is 24.9. The molecular formula is C78H86Cl3F7N6O11. The lowest BCUT2D eigenvalue weighted by atomic mass is 9.52. The SMILES string of the molecule is CC1CC2(NC(=O)COc3ccc(Cl)c(F)c3)CCC1(C(=O)NCc1cc(F)cc(C(F)(F)F)c1)CC2.COc1ccc(CNC(=O)C23CCC(NC(=O)COc4ccc(Cl)c(F)c4)(CC2)CC3C)cc1.COc1cccc(CNC(=O)C23CCC(NC(=O)COc4ccc(Cl)c(F)c4)(CC2)CC3C)c1. The van der Waals surface area contributed by atoms with Gasteiger partial charge < -0.3 is 55.6 Å². The summed E-state index contributed by atoms with van der Waals surface area (Å²) < 4.78 is 120. The molecule has 0 aromatic heterocycles. The Hall–Kier alpha value is -8.48. The lowest BCUT2D eigenvalue weighted by molar-refractivity contribution is -0.147. The number of hydrogen-bond acceptors (Lipinski definition) is 11. The molecule has 105 heavy (non-hydrogen) atoms. The van der Waals surface area contributed by atoms with Crippen LogP contribution in [-0.4, -0.2) is 86.1 Å². The van der Waals surface area contributed by atoms with Gasteiger partial charge in [0.25, 0.3) is 17.7 Å². The minimum Gasteiger partial charge on any atom is -0.497 e. The minimum absolute atomic E-state index is 0.00473. The second-order valence-corrected chi connectivity index (χ2v) is 30.2. The first-order valence-electron chi connectivity index (χ1n) is 35.0. The topological polar surface area (TPSA) is 221 Å². The molecule has 6 N–H and O–H groups in total. The number of hydrogen-bond donors (Lipinski definition) is 6. The van der Waals surface area contributed by atoms with Crippen molar-refractivity contribution >= 4 is 70.2 Å². The molecule has 9 saturated carbocycles. The highest BCUT2D eigenvalue weighted by molar-refractivity contribution is 6.31. The van der Waals surface area contributed by atoms with Crippen molar-refractivity contribution in [1.29, 1.82) is 0 Å². The molecule has 0 heterocycles. The maximum atomic E-state index is 13.7. The molecule has 9 aliphatic rings. The Morgan fingerprint density at radius 3 is 1.09 bits per heavy atom. The predicted octanol–water partition coefficient (Wildman–Crippen LogP) is 15.1. The van der Waals surface area contributed by atoms with Crippen LogP contribution in [0.25, 0.3) is 0 Å². The highest BCUT2D eigenvalue weighted by Crippen LogP contribution is 2.58. The fourth-order valence-electron chi connectivity index (χ4n) is 16.5. The van der Waals surface area contributed by atoms with Crippen LogP contribution in [0.2, 0.25) is 15.1 Å². The molecule has 564 valence electrons. The van der Waals surface area contributed by atoms with E-state index >= 15 is 0 Å². The average molecular weight is 1520 g/mol. The molecule has 9 fully saturated rings. The maximum Gasteiger partial charge on any atom is 0.416 e. The number of rotatable bonds is 23. The molecule has 6 bridgehead atoms. The van der Waals surface area contributed by atoms with E-state index in [1.165, 1.54) is 36.4 Å². The summed E-state index contributed by atoms with van der Waals surface area (Å²) in [6.45, 7) is 6.09. The van der Waals surface area contributed by atoms with E-state index < -0.39 is 56.8 Å². The molecule has 17 nitrogen and oxygen atoms in total. The van der Waals surface area contributed by atoms with Crippen LogP contribution in [0.1, 0.15) is 139 Å². The number of carbonyl (C=O) groups excluding carboxylic acids is 6. The summed E-state index contributed by atoms with van der Waals surface area (Å²) in [6.07, 6.45) is 5.27. The number of methoxy groups -OCH3 is 2. The number of carbonyl (C=O) groups is 6. The van der Waals surface area contributed by atoms with E-state index in [1.54, 1.807) is 14.2 Å². The van der Waals surface area contributed by atoms with E-state index in [9.17, 15) is 59.5 Å². The third-order valence-corrected chi connectivity index (χ3v) is 23.4. The van der Waals surface area contributed by atoms with Gasteiger partial charge >= 0.3 is 6.18 Å². The van der Waals surface area contributed by atoms with Crippen LogP contribution >= 0.6 is 34.8 Å². The fourth-order valence-corrected chi connectivity index (χ4v) is 16.9. The lowest BCUT2D eigenvalue weighted by Gasteiger charge is -2.56. The van der Waals surface area contributed by atoms with Gasteiger partial charge in [0, 0.05) is 54.5 Å². The molecule has 0 saturated heterocycles. The van der Waals surface area contributed by atoms with Gasteiger partial charge in [-0.1, -0.05) is 79.8 Å². The number of ether oxygens (including phenoxy) is 5. The first kappa shape index (κ1) is 79.1. The fraction of sp³-hybridized carbons (Fsp3) is 0.462. The first-order valence-corrected chi connectivity index (χ1v) is 36.1. The standard InChI is InChI=1S/C26H26ClF5N2O3.2C26H30ClFN2O4/c1-15-12-24(34-22(35)14-37-19-2-3-20(27)21(29)11-19)4-6-25(15,7-5-24)23(36)33-13-16-8-17(26(30,31)32)10-18(28)9-16;1-17-14-25(30-23(31)16-34-20-7-8-21(27)22(28)13-20)9-11-26(17,12-10-25)24(32)29-15-18-3-5-19(33-2)6-4-18;1-17-14-25(30-23(31)16-34-20-6-7-21(27)22(28)13-20)8-10-26(17,11-9-25)24(32)29-15-18-4-3-5-19(12-18)33-2/h2-3,8-11,15H,4-7,12-14H2,1H3,(H,33,36)(H,34,35);3-8,13,17H,9-12,14-16H2,1-2H3,(H,29,32)(H,30,31);3-7,12-13,17H,8-11,14-16H2,1-2H3,(H,29,32)(H,30,31). The minimum atomic E-state index is -4.69. The lowest BCUT2D eigenvalue weighted by Crippen LogP contribution is -2.63. The van der Waals surface area contributed by atoms with Crippen LogP contribution in [-0.2, 0) is 54.6 Å². The van der Waals surface area contributed by atoms with E-state index in [1.807, 2.05) is 55.5 Å². The molecule has 3 atom stereocenters. The third kappa shape index (κ3) is 18.9. The molecule has 6 aromatic carbocycles. The summed E-state index contributed by atoms with van der Waals surface area (Å²) in [5, 5.41) is 18.2. The van der Waals surface area contributed by atoms with Crippen molar-refractivity contribution in [3.05, 3.63) is 182 Å². The van der Waals surface area contributed by atoms with E-state index in [0.717, 1.165) is 117 Å². The number of fused-ring (bicyclic) bond motifs is 9. The summed E-state index contributed by atoms with van der Waals surface area (Å²) in [5.74, 6) is -1.46. The van der Waals surface area contributed by atoms with E-state index in [0.29, 0.717) is 51.3 Å². The second kappa shape index (κ2) is 33.1. The third-order valence-electron chi connectivity index (χ3n) is 22.5. The summed E-state index contributed by atoms with van der Waals surface area (Å²) in [4.78, 5) is 77.5. The number of alkyl halides is 3. The Morgan fingerprint density at radius 1 is 0.410 bits per heavy atom. The molecule has 0 spiro atoms. The Bertz CT molecular complexity index is 4150. The van der Waals surface area contributed by atoms with Gasteiger partial charge in [-0.2, -0.15) is 13.2 Å². The van der Waals surface area contributed by atoms with E-state index in [4.69, 9.17) is 58.5 Å². The highest BCUT2D eigenvalue weighted by Gasteiger charge is 2.59. The maximum absolute atomic E-state index is 13.7. The summed E-state index contributed by atoms with van der Waals surface area (Å²) in [5.41, 5.74) is -1.77. The summed E-state index contributed by atoms with van der Waals surface area (Å²) >= 11 is 17.0. The van der Waals surface area contributed by atoms with Gasteiger partial charge in [0.05, 0.1) is 51.1 Å². The second-order valence-electron chi connectivity index (χ2n) is 29.0. The molecule has 6 amide bonds. The van der Waals surface area contributed by atoms with Crippen LogP contribution in [0.3, 0.4) is 0 Å². The highest BCUT2D eigenvalue weighted by atomic mass is 35.5. The normalized spacial score (nSPS) is 25.3. The molecule has 27 heteroatoms. The Labute approximate surface area is 620 Å². The predicted molar refractivity (Wildman–Crippen MR) is 380 cm³/mol. The van der Waals surface area contributed by atoms with Crippen LogP contribution in [0.15, 0.2) is 121 Å². The van der Waals surface area contributed by atoms with Gasteiger partial charge in [-0.25, -0.2) is 17.6 Å². The van der Waals surface area contributed by atoms with Crippen molar-refractivity contribution in [2.45, 2.75) is 160 Å². The van der Waals surface area contributed by atoms with Crippen LogP contribution < -0.4 is 55.6 Å². The smallest absolute Gasteiger partial charge is 0.416 e. The molecule has 15 rings (SSSR count). The molecule has 6 aromatic rings. The molecular weight excluding hydrogens is 1440 g/mol. The number of amides is 6. The Morgan fingerprint density at radius 2 is 0.752 bits per heavy atom. The zero-order valence-electron chi connectivity index (χ0n) is 58.9. The number of nitrogens with one attached hydrogen (secondary N) is 6. The van der Waals surface area contributed by atoms with Gasteiger partial charge in [-0.05, 0) is 210 Å². The quantitative estimate of drug-likeness (QED) is 0.0331. The van der Waals surface area contributed by atoms with Gasteiger partial charge in [-0.3, -0.25) is 28.8 Å². The van der Waals surface area contributed by atoms with Gasteiger partial charge in [0.2, 0.25) is 17.7 Å². The van der Waals surface area contributed by atoms with Crippen LogP contribution in [0, 0.1) is 57.3 Å². The number of halogens is 10. The molecule has 0 radical (unpaired) electrons. The van der Waals surface area contributed by atoms with E-state index in [-0.39, 0.29) is 129 Å². The van der Waals surface area contributed by atoms with Gasteiger partial charge in [-0.15, -0.1) is 0 Å². The van der Waals surface area contributed by atoms with Crippen molar-refractivity contribution in [2.24, 2.45) is 34.0 Å². The van der Waals surface area contributed by atoms with Crippen molar-refractivity contribution in [2.75, 3.05) is 34.0 Å². The largest absolute Gasteiger partial charge is 0.497 e. The molecule has 3 unspecified atom stereocenters. The van der Waals surface area contributed by atoms with Gasteiger partial charge in [0.15, 0.2) is 19.8 Å². The van der Waals surface area contributed by atoms with Crippen molar-refractivity contribution in [3.8, 4) is 28.7 Å². The average Bonchev–Trinajstić information content (AvgIpc) is 0.748. The molecule has 0 aliphatic heterocycles. The zero-order chi connectivity index (χ0) is 75.7. The van der Waals surface area contributed by atoms with Crippen molar-refractivity contribution in [1.82, 2.24) is 31.9 Å². The van der Waals surface area contributed by atoms with Gasteiger partial charge in [0.1, 0.15) is 52.0 Å². The monoisotopic (exact) mass is 1520 g/mol. The Balaban J connectivity index is 0.000000169. The van der Waals surface area contributed by atoms with Crippen LogP contribution in [0.4, 0.5) is 30.7 Å². The van der Waals surface area contributed by atoms with Crippen molar-refractivity contribution in [3.63, 3.8) is 0 Å². The number of benzene rings is 6. The summed E-state index contributed by atoms with van der Waals surface area (Å²) in [6, 6.07) is 29.6. The van der Waals surface area contributed by atoms with Crippen molar-refractivity contribution < 1.29 is 83.2 Å². The molecule has 9 aliphatic carbocycles. The van der Waals surface area contributed by atoms with Crippen LogP contribution in [0.5, 0.6) is 28.7 Å². The van der Waals surface area contributed by atoms with E-state index in [2.05, 4.69) is 45.7 Å². The first-order chi connectivity index (χ1) is 49.8.